The Kier molecular flexibility index (Phi) is 3.61. The molecule has 108 valence electrons. The van der Waals surface area contributed by atoms with Crippen molar-refractivity contribution >= 4 is 11.6 Å². The van der Waals surface area contributed by atoms with Gasteiger partial charge in [0, 0.05) is 25.5 Å². The molecule has 0 fully saturated rings. The van der Waals surface area contributed by atoms with Crippen LogP contribution in [0.2, 0.25) is 0 Å². The summed E-state index contributed by atoms with van der Waals surface area (Å²) in [6.07, 6.45) is 5.12. The van der Waals surface area contributed by atoms with E-state index in [4.69, 9.17) is 5.73 Å². The number of carbonyl (C=O) groups excluding carboxylic acids is 1. The van der Waals surface area contributed by atoms with Crippen molar-refractivity contribution in [2.75, 3.05) is 6.54 Å². The summed E-state index contributed by atoms with van der Waals surface area (Å²) in [5.74, 6) is 0.416. The standard InChI is InChI=1S/C13H15N7O/c14-4-6-19-8-10(16-9-19)13(21)15-7-12-18-17-11-3-1-2-5-20(11)12/h1-3,5,8-9H,4,6-7,14H2,(H,15,21). The van der Waals surface area contributed by atoms with E-state index in [2.05, 4.69) is 20.5 Å². The molecular weight excluding hydrogens is 270 g/mol. The summed E-state index contributed by atoms with van der Waals surface area (Å²) in [5.41, 5.74) is 6.56. The second kappa shape index (κ2) is 5.71. The molecule has 3 aromatic heterocycles. The third-order valence-corrected chi connectivity index (χ3v) is 3.04. The predicted octanol–water partition coefficient (Wildman–Crippen LogP) is -0.185. The second-order valence-corrected chi connectivity index (χ2v) is 4.51. The molecule has 0 atom stereocenters. The van der Waals surface area contributed by atoms with E-state index in [1.165, 1.54) is 0 Å². The van der Waals surface area contributed by atoms with Crippen molar-refractivity contribution in [3.63, 3.8) is 0 Å². The number of carbonyl (C=O) groups is 1. The average Bonchev–Trinajstić information content (AvgIpc) is 3.12. The number of pyridine rings is 1. The number of aromatic nitrogens is 5. The number of fused-ring (bicyclic) bond motifs is 1. The molecule has 3 N–H and O–H groups in total. The Labute approximate surface area is 120 Å². The number of nitrogens with two attached hydrogens (primary N) is 1. The van der Waals surface area contributed by atoms with Gasteiger partial charge in [-0.3, -0.25) is 9.20 Å². The highest BCUT2D eigenvalue weighted by Crippen LogP contribution is 2.03. The lowest BCUT2D eigenvalue weighted by Crippen LogP contribution is -2.24. The van der Waals surface area contributed by atoms with Crippen LogP contribution in [-0.2, 0) is 13.1 Å². The first-order chi connectivity index (χ1) is 10.3. The van der Waals surface area contributed by atoms with Crippen molar-refractivity contribution in [3.8, 4) is 0 Å². The first-order valence-electron chi connectivity index (χ1n) is 6.56. The van der Waals surface area contributed by atoms with E-state index in [9.17, 15) is 4.79 Å². The molecule has 0 saturated carbocycles. The Hall–Kier alpha value is -2.74. The van der Waals surface area contributed by atoms with Crippen LogP contribution < -0.4 is 11.1 Å². The fraction of sp³-hybridized carbons (Fsp3) is 0.231. The number of hydrogen-bond donors (Lipinski definition) is 2. The summed E-state index contributed by atoms with van der Waals surface area (Å²) in [6.45, 7) is 1.42. The fourth-order valence-electron chi connectivity index (χ4n) is 2.01. The molecule has 0 spiro atoms. The summed E-state index contributed by atoms with van der Waals surface area (Å²) in [6, 6.07) is 5.62. The zero-order valence-corrected chi connectivity index (χ0v) is 11.3. The van der Waals surface area contributed by atoms with Gasteiger partial charge in [-0.2, -0.15) is 0 Å². The number of nitrogens with one attached hydrogen (secondary N) is 1. The highest BCUT2D eigenvalue weighted by molar-refractivity contribution is 5.91. The summed E-state index contributed by atoms with van der Waals surface area (Å²) < 4.78 is 3.61. The topological polar surface area (TPSA) is 103 Å². The van der Waals surface area contributed by atoms with Crippen molar-refractivity contribution in [1.29, 1.82) is 0 Å². The molecule has 0 aliphatic heterocycles. The largest absolute Gasteiger partial charge is 0.343 e. The molecule has 1 amide bonds. The monoisotopic (exact) mass is 285 g/mol. The van der Waals surface area contributed by atoms with E-state index < -0.39 is 0 Å². The van der Waals surface area contributed by atoms with Crippen LogP contribution >= 0.6 is 0 Å². The Morgan fingerprint density at radius 3 is 3.10 bits per heavy atom. The van der Waals surface area contributed by atoms with Crippen LogP contribution in [0.4, 0.5) is 0 Å². The Morgan fingerprint density at radius 1 is 1.33 bits per heavy atom. The lowest BCUT2D eigenvalue weighted by Gasteiger charge is -2.02. The molecule has 3 heterocycles. The zero-order valence-electron chi connectivity index (χ0n) is 11.3. The van der Waals surface area contributed by atoms with Crippen LogP contribution in [0.1, 0.15) is 16.3 Å². The maximum atomic E-state index is 12.0. The molecule has 0 bridgehead atoms. The first kappa shape index (κ1) is 13.3. The highest BCUT2D eigenvalue weighted by atomic mass is 16.1. The third kappa shape index (κ3) is 2.75. The van der Waals surface area contributed by atoms with E-state index in [0.29, 0.717) is 24.6 Å². The average molecular weight is 285 g/mol. The molecule has 21 heavy (non-hydrogen) atoms. The Balaban J connectivity index is 1.67. The van der Waals surface area contributed by atoms with Gasteiger partial charge in [0.05, 0.1) is 12.9 Å². The minimum atomic E-state index is -0.251. The van der Waals surface area contributed by atoms with Crippen LogP contribution in [0.5, 0.6) is 0 Å². The first-order valence-corrected chi connectivity index (χ1v) is 6.56. The number of amides is 1. The van der Waals surface area contributed by atoms with E-state index in [1.54, 1.807) is 17.1 Å². The molecule has 8 heteroatoms. The second-order valence-electron chi connectivity index (χ2n) is 4.51. The van der Waals surface area contributed by atoms with E-state index >= 15 is 0 Å². The van der Waals surface area contributed by atoms with Gasteiger partial charge in [-0.1, -0.05) is 6.07 Å². The predicted molar refractivity (Wildman–Crippen MR) is 75.4 cm³/mol. The molecule has 8 nitrogen and oxygen atoms in total. The van der Waals surface area contributed by atoms with E-state index in [0.717, 1.165) is 5.65 Å². The van der Waals surface area contributed by atoms with Crippen LogP contribution in [0.3, 0.4) is 0 Å². The molecular formula is C13H15N7O. The van der Waals surface area contributed by atoms with E-state index in [1.807, 2.05) is 28.8 Å². The molecule has 0 aromatic carbocycles. The van der Waals surface area contributed by atoms with Crippen molar-refractivity contribution in [2.45, 2.75) is 13.1 Å². The van der Waals surface area contributed by atoms with Gasteiger partial charge >= 0.3 is 0 Å². The maximum absolute atomic E-state index is 12.0. The minimum Gasteiger partial charge on any atom is -0.343 e. The van der Waals surface area contributed by atoms with Crippen LogP contribution in [0.15, 0.2) is 36.9 Å². The molecule has 3 aromatic rings. The summed E-state index contributed by atoms with van der Waals surface area (Å²) in [5, 5.41) is 10.9. The summed E-state index contributed by atoms with van der Waals surface area (Å²) in [7, 11) is 0. The van der Waals surface area contributed by atoms with Gasteiger partial charge in [0.15, 0.2) is 11.5 Å². The van der Waals surface area contributed by atoms with Gasteiger partial charge in [-0.25, -0.2) is 4.98 Å². The summed E-state index contributed by atoms with van der Waals surface area (Å²) >= 11 is 0. The van der Waals surface area contributed by atoms with Crippen LogP contribution in [0.25, 0.3) is 5.65 Å². The Bertz CT molecular complexity index is 761. The van der Waals surface area contributed by atoms with Gasteiger partial charge in [-0.15, -0.1) is 10.2 Å². The number of rotatable bonds is 5. The highest BCUT2D eigenvalue weighted by Gasteiger charge is 2.11. The van der Waals surface area contributed by atoms with E-state index in [-0.39, 0.29) is 12.5 Å². The van der Waals surface area contributed by atoms with Crippen molar-refractivity contribution < 1.29 is 4.79 Å². The molecule has 3 rings (SSSR count). The molecule has 0 radical (unpaired) electrons. The number of imidazole rings is 1. The Morgan fingerprint density at radius 2 is 2.24 bits per heavy atom. The molecule has 0 saturated heterocycles. The zero-order chi connectivity index (χ0) is 14.7. The smallest absolute Gasteiger partial charge is 0.271 e. The number of hydrogen-bond acceptors (Lipinski definition) is 5. The minimum absolute atomic E-state index is 0.251. The van der Waals surface area contributed by atoms with Crippen molar-refractivity contribution in [1.82, 2.24) is 29.5 Å². The molecule has 0 aliphatic carbocycles. The maximum Gasteiger partial charge on any atom is 0.271 e. The van der Waals surface area contributed by atoms with Gasteiger partial charge in [0.1, 0.15) is 5.69 Å². The van der Waals surface area contributed by atoms with Crippen molar-refractivity contribution in [2.24, 2.45) is 5.73 Å². The fourth-order valence-corrected chi connectivity index (χ4v) is 2.01. The SMILES string of the molecule is NCCn1cnc(C(=O)NCc2nnc3ccccn23)c1. The normalized spacial score (nSPS) is 10.9. The lowest BCUT2D eigenvalue weighted by atomic mass is 10.4. The lowest BCUT2D eigenvalue weighted by molar-refractivity contribution is 0.0945. The summed E-state index contributed by atoms with van der Waals surface area (Å²) in [4.78, 5) is 16.1. The van der Waals surface area contributed by atoms with Gasteiger partial charge in [-0.05, 0) is 12.1 Å². The van der Waals surface area contributed by atoms with Gasteiger partial charge in [0.25, 0.3) is 5.91 Å². The van der Waals surface area contributed by atoms with Gasteiger partial charge in [0.2, 0.25) is 0 Å². The van der Waals surface area contributed by atoms with Crippen molar-refractivity contribution in [3.05, 3.63) is 48.4 Å². The number of nitrogens with zero attached hydrogens (tertiary/aromatic N) is 5. The quantitative estimate of drug-likeness (QED) is 0.676. The van der Waals surface area contributed by atoms with Crippen LogP contribution in [0, 0.1) is 0 Å². The molecule has 0 unspecified atom stereocenters. The third-order valence-electron chi connectivity index (χ3n) is 3.04. The van der Waals surface area contributed by atoms with Gasteiger partial charge < -0.3 is 15.6 Å². The molecule has 0 aliphatic rings. The van der Waals surface area contributed by atoms with Crippen LogP contribution in [-0.4, -0.2) is 36.6 Å².